The van der Waals surface area contributed by atoms with Crippen molar-refractivity contribution in [3.63, 3.8) is 0 Å². The summed E-state index contributed by atoms with van der Waals surface area (Å²) >= 11 is 0. The average molecular weight is 399 g/mol. The van der Waals surface area contributed by atoms with Gasteiger partial charge < -0.3 is 20.5 Å². The van der Waals surface area contributed by atoms with Crippen LogP contribution in [-0.2, 0) is 17.6 Å². The van der Waals surface area contributed by atoms with Gasteiger partial charge in [-0.05, 0) is 57.4 Å². The maximum absolute atomic E-state index is 12.6. The van der Waals surface area contributed by atoms with Gasteiger partial charge in [0.1, 0.15) is 11.4 Å². The predicted octanol–water partition coefficient (Wildman–Crippen LogP) is 2.72. The van der Waals surface area contributed by atoms with Gasteiger partial charge in [0.25, 0.3) is 5.91 Å². The highest BCUT2D eigenvalue weighted by molar-refractivity contribution is 5.96. The van der Waals surface area contributed by atoms with Gasteiger partial charge in [0.2, 0.25) is 5.91 Å². The highest BCUT2D eigenvalue weighted by Gasteiger charge is 2.17. The van der Waals surface area contributed by atoms with E-state index in [1.54, 1.807) is 19.2 Å². The van der Waals surface area contributed by atoms with Crippen molar-refractivity contribution in [1.29, 1.82) is 0 Å². The number of aryl methyl sites for hydroxylation is 1. The van der Waals surface area contributed by atoms with Gasteiger partial charge in [0.15, 0.2) is 0 Å². The van der Waals surface area contributed by atoms with Gasteiger partial charge >= 0.3 is 0 Å². The molecule has 0 unspecified atom stereocenters. The van der Waals surface area contributed by atoms with Gasteiger partial charge in [-0.25, -0.2) is 0 Å². The summed E-state index contributed by atoms with van der Waals surface area (Å²) in [5, 5.41) is 14.7. The number of carbonyl (C=O) groups is 2. The summed E-state index contributed by atoms with van der Waals surface area (Å²) in [5.74, 6) is 0.107. The zero-order valence-corrected chi connectivity index (χ0v) is 17.4. The van der Waals surface area contributed by atoms with E-state index in [1.807, 2.05) is 39.0 Å². The number of aromatic nitrogens is 1. The molecule has 29 heavy (non-hydrogen) atoms. The first-order chi connectivity index (χ1) is 13.7. The molecule has 0 aliphatic rings. The maximum atomic E-state index is 12.6. The zero-order chi connectivity index (χ0) is 21.4. The molecular formula is C22H29N3O4. The molecule has 0 saturated heterocycles. The number of nitrogens with one attached hydrogen (secondary N) is 2. The number of aliphatic hydroxyl groups is 1. The van der Waals surface area contributed by atoms with Crippen molar-refractivity contribution in [1.82, 2.24) is 10.3 Å². The lowest BCUT2D eigenvalue weighted by Gasteiger charge is -2.20. The van der Waals surface area contributed by atoms with Crippen LogP contribution in [0, 0.1) is 0 Å². The molecule has 1 heterocycles. The fourth-order valence-corrected chi connectivity index (χ4v) is 2.82. The number of methoxy groups -OCH3 is 1. The number of nitrogens with zero attached hydrogens (tertiary/aromatic N) is 1. The first-order valence-electron chi connectivity index (χ1n) is 9.57. The minimum Gasteiger partial charge on any atom is -0.496 e. The average Bonchev–Trinajstić information content (AvgIpc) is 2.65. The Morgan fingerprint density at radius 1 is 1.17 bits per heavy atom. The van der Waals surface area contributed by atoms with Crippen LogP contribution in [-0.4, -0.2) is 41.2 Å². The van der Waals surface area contributed by atoms with Gasteiger partial charge in [-0.1, -0.05) is 12.1 Å². The molecular weight excluding hydrogens is 370 g/mol. The molecule has 0 bridgehead atoms. The number of aliphatic hydroxyl groups excluding tert-OH is 1. The Bertz CT molecular complexity index is 859. The monoisotopic (exact) mass is 399 g/mol. The number of carbonyl (C=O) groups excluding carboxylic acids is 2. The van der Waals surface area contributed by atoms with E-state index in [-0.39, 0.29) is 36.1 Å². The molecule has 156 valence electrons. The number of amides is 2. The van der Waals surface area contributed by atoms with Crippen LogP contribution in [0.3, 0.4) is 0 Å². The number of anilines is 1. The maximum Gasteiger partial charge on any atom is 0.270 e. The summed E-state index contributed by atoms with van der Waals surface area (Å²) in [6.45, 7) is 5.78. The van der Waals surface area contributed by atoms with E-state index in [2.05, 4.69) is 15.6 Å². The van der Waals surface area contributed by atoms with Crippen LogP contribution in [0.25, 0.3) is 0 Å². The zero-order valence-electron chi connectivity index (χ0n) is 17.4. The van der Waals surface area contributed by atoms with Crippen molar-refractivity contribution in [2.45, 2.75) is 45.6 Å². The molecule has 0 aliphatic carbocycles. The van der Waals surface area contributed by atoms with Gasteiger partial charge in [-0.2, -0.15) is 0 Å². The van der Waals surface area contributed by atoms with Gasteiger partial charge in [0.05, 0.1) is 13.5 Å². The Hall–Kier alpha value is -2.93. The third-order valence-corrected chi connectivity index (χ3v) is 4.08. The summed E-state index contributed by atoms with van der Waals surface area (Å²) in [6, 6.07) is 8.87. The van der Waals surface area contributed by atoms with Crippen LogP contribution in [0.5, 0.6) is 5.75 Å². The molecule has 0 radical (unpaired) electrons. The van der Waals surface area contributed by atoms with Crippen molar-refractivity contribution < 1.29 is 19.4 Å². The smallest absolute Gasteiger partial charge is 0.270 e. The van der Waals surface area contributed by atoms with E-state index in [0.717, 1.165) is 17.5 Å². The molecule has 3 N–H and O–H groups in total. The lowest BCUT2D eigenvalue weighted by molar-refractivity contribution is -0.115. The molecule has 0 atom stereocenters. The highest BCUT2D eigenvalue weighted by Crippen LogP contribution is 2.22. The Morgan fingerprint density at radius 2 is 1.93 bits per heavy atom. The van der Waals surface area contributed by atoms with Crippen molar-refractivity contribution in [3.8, 4) is 5.75 Å². The Labute approximate surface area is 171 Å². The number of benzene rings is 1. The Morgan fingerprint density at radius 3 is 2.59 bits per heavy atom. The first kappa shape index (κ1) is 22.4. The first-order valence-corrected chi connectivity index (χ1v) is 9.57. The minimum atomic E-state index is -0.379. The number of hydrogen-bond donors (Lipinski definition) is 3. The van der Waals surface area contributed by atoms with E-state index in [0.29, 0.717) is 17.9 Å². The fourth-order valence-electron chi connectivity index (χ4n) is 2.82. The third-order valence-electron chi connectivity index (χ3n) is 4.08. The molecule has 0 saturated carbocycles. The van der Waals surface area contributed by atoms with Crippen molar-refractivity contribution in [3.05, 3.63) is 53.3 Å². The van der Waals surface area contributed by atoms with Crippen LogP contribution in [0.2, 0.25) is 0 Å². The summed E-state index contributed by atoms with van der Waals surface area (Å²) in [4.78, 5) is 28.9. The number of pyridine rings is 1. The second kappa shape index (κ2) is 10.0. The number of ether oxygens (including phenoxy) is 1. The van der Waals surface area contributed by atoms with Crippen LogP contribution in [0.4, 0.5) is 5.69 Å². The highest BCUT2D eigenvalue weighted by atomic mass is 16.5. The molecule has 7 nitrogen and oxygen atoms in total. The lowest BCUT2D eigenvalue weighted by atomic mass is 10.0. The van der Waals surface area contributed by atoms with Crippen molar-refractivity contribution in [2.75, 3.05) is 19.0 Å². The molecule has 7 heteroatoms. The lowest BCUT2D eigenvalue weighted by Crippen LogP contribution is -2.40. The molecule has 1 aromatic heterocycles. The minimum absolute atomic E-state index is 0.120. The molecule has 0 fully saturated rings. The number of hydrogen-bond acceptors (Lipinski definition) is 5. The number of rotatable bonds is 8. The van der Waals surface area contributed by atoms with Crippen LogP contribution < -0.4 is 15.4 Å². The van der Waals surface area contributed by atoms with E-state index in [4.69, 9.17) is 9.84 Å². The van der Waals surface area contributed by atoms with Gasteiger partial charge in [-0.15, -0.1) is 0 Å². The molecule has 0 spiro atoms. The topological polar surface area (TPSA) is 101 Å². The second-order valence-corrected chi connectivity index (χ2v) is 7.83. The van der Waals surface area contributed by atoms with Gasteiger partial charge in [-0.3, -0.25) is 14.6 Å². The fraction of sp³-hybridized carbons (Fsp3) is 0.409. The Balaban J connectivity index is 2.09. The van der Waals surface area contributed by atoms with Crippen molar-refractivity contribution >= 4 is 17.5 Å². The molecule has 0 aliphatic heterocycles. The summed E-state index contributed by atoms with van der Waals surface area (Å²) < 4.78 is 5.36. The van der Waals surface area contributed by atoms with E-state index >= 15 is 0 Å². The van der Waals surface area contributed by atoms with E-state index in [9.17, 15) is 9.59 Å². The quantitative estimate of drug-likeness (QED) is 0.634. The molecule has 2 amide bonds. The van der Waals surface area contributed by atoms with Crippen LogP contribution >= 0.6 is 0 Å². The summed E-state index contributed by atoms with van der Waals surface area (Å²) in [5.41, 5.74) is 2.16. The standard InChI is InChI=1S/C22H29N3O4/c1-22(2,3)25-21(28)18-14-17(9-10-23-18)24-20(27)13-16-12-15(6-5-11-26)7-8-19(16)29-4/h7-10,12,14,26H,5-6,11,13H2,1-4H3,(H,25,28)(H,23,24,27). The van der Waals surface area contributed by atoms with Gasteiger partial charge in [0, 0.05) is 29.6 Å². The SMILES string of the molecule is COc1ccc(CCCO)cc1CC(=O)Nc1ccnc(C(=O)NC(C)(C)C)c1. The predicted molar refractivity (Wildman–Crippen MR) is 112 cm³/mol. The Kier molecular flexibility index (Phi) is 7.73. The molecule has 2 aromatic rings. The normalized spacial score (nSPS) is 11.1. The molecule has 2 rings (SSSR count). The van der Waals surface area contributed by atoms with Crippen LogP contribution in [0.15, 0.2) is 36.5 Å². The molecule has 1 aromatic carbocycles. The second-order valence-electron chi connectivity index (χ2n) is 7.83. The summed E-state index contributed by atoms with van der Waals surface area (Å²) in [7, 11) is 1.56. The van der Waals surface area contributed by atoms with Crippen LogP contribution in [0.1, 0.15) is 48.8 Å². The largest absolute Gasteiger partial charge is 0.496 e. The van der Waals surface area contributed by atoms with E-state index < -0.39 is 0 Å². The van der Waals surface area contributed by atoms with E-state index in [1.165, 1.54) is 6.20 Å². The third kappa shape index (κ3) is 7.19. The van der Waals surface area contributed by atoms with Crippen molar-refractivity contribution in [2.24, 2.45) is 0 Å². The summed E-state index contributed by atoms with van der Waals surface area (Å²) in [6.07, 6.45) is 3.01.